The third kappa shape index (κ3) is 2.27. The van der Waals surface area contributed by atoms with E-state index in [4.69, 9.17) is 0 Å². The molecule has 0 amide bonds. The molecule has 2 unspecified atom stereocenters. The van der Waals surface area contributed by atoms with E-state index in [2.05, 4.69) is 23.7 Å². The largest absolute Gasteiger partial charge is 0.392 e. The number of nitrogens with zero attached hydrogens (tertiary/aromatic N) is 2. The Kier molecular flexibility index (Phi) is 3.62. The normalized spacial score (nSPS) is 24.4. The van der Waals surface area contributed by atoms with E-state index in [1.807, 2.05) is 0 Å². The van der Waals surface area contributed by atoms with Crippen LogP contribution in [0.5, 0.6) is 0 Å². The van der Waals surface area contributed by atoms with Gasteiger partial charge in [0.05, 0.1) is 12.8 Å². The maximum atomic E-state index is 13.1. The fourth-order valence-electron chi connectivity index (χ4n) is 2.68. The summed E-state index contributed by atoms with van der Waals surface area (Å²) in [6.45, 7) is 4.14. The molecule has 17 heavy (non-hydrogen) atoms. The summed E-state index contributed by atoms with van der Waals surface area (Å²) in [4.78, 5) is 6.40. The number of aromatic nitrogens is 1. The summed E-state index contributed by atoms with van der Waals surface area (Å²) in [5.74, 6) is 0.350. The first kappa shape index (κ1) is 12.3. The Morgan fingerprint density at radius 3 is 2.94 bits per heavy atom. The molecule has 94 valence electrons. The van der Waals surface area contributed by atoms with Crippen LogP contribution in [0, 0.1) is 5.82 Å². The Morgan fingerprint density at radius 2 is 2.29 bits per heavy atom. The fraction of sp³-hybridized carbons (Fsp3) is 0.615. The number of hydrogen-bond acceptors (Lipinski definition) is 3. The Morgan fingerprint density at radius 1 is 1.53 bits per heavy atom. The first-order valence-electron chi connectivity index (χ1n) is 6.21. The molecule has 1 fully saturated rings. The van der Waals surface area contributed by atoms with E-state index in [0.717, 1.165) is 25.1 Å². The molecule has 2 rings (SSSR count). The van der Waals surface area contributed by atoms with Crippen molar-refractivity contribution in [1.29, 1.82) is 0 Å². The Balaban J connectivity index is 2.38. The van der Waals surface area contributed by atoms with Gasteiger partial charge in [0.25, 0.3) is 0 Å². The first-order valence-corrected chi connectivity index (χ1v) is 6.21. The molecule has 0 aromatic carbocycles. The Bertz CT molecular complexity index is 397. The predicted octanol–water partition coefficient (Wildman–Crippen LogP) is 2.48. The summed E-state index contributed by atoms with van der Waals surface area (Å²) < 4.78 is 13.1. The molecule has 1 aliphatic rings. The van der Waals surface area contributed by atoms with Crippen LogP contribution in [0.2, 0.25) is 0 Å². The maximum absolute atomic E-state index is 13.1. The molecule has 1 aromatic heterocycles. The van der Waals surface area contributed by atoms with Crippen molar-refractivity contribution in [2.75, 3.05) is 4.90 Å². The first-order chi connectivity index (χ1) is 8.17. The predicted molar refractivity (Wildman–Crippen MR) is 65.4 cm³/mol. The number of pyridine rings is 1. The summed E-state index contributed by atoms with van der Waals surface area (Å²) in [5, 5.41) is 9.32. The minimum absolute atomic E-state index is 0.167. The molecule has 3 nitrogen and oxygen atoms in total. The molecule has 1 aliphatic heterocycles. The van der Waals surface area contributed by atoms with Gasteiger partial charge in [0.15, 0.2) is 0 Å². The zero-order chi connectivity index (χ0) is 12.4. The van der Waals surface area contributed by atoms with Crippen LogP contribution in [0.15, 0.2) is 12.3 Å². The number of aliphatic hydroxyl groups excluding tert-OH is 1. The zero-order valence-corrected chi connectivity index (χ0v) is 10.4. The van der Waals surface area contributed by atoms with Crippen LogP contribution in [0.25, 0.3) is 0 Å². The van der Waals surface area contributed by atoms with Crippen molar-refractivity contribution in [2.24, 2.45) is 0 Å². The van der Waals surface area contributed by atoms with Gasteiger partial charge in [0.2, 0.25) is 0 Å². The van der Waals surface area contributed by atoms with Gasteiger partial charge in [-0.15, -0.1) is 0 Å². The van der Waals surface area contributed by atoms with E-state index >= 15 is 0 Å². The van der Waals surface area contributed by atoms with Gasteiger partial charge in [0, 0.05) is 17.6 Å². The molecule has 4 heteroatoms. The minimum atomic E-state index is -0.391. The monoisotopic (exact) mass is 238 g/mol. The Labute approximate surface area is 101 Å². The van der Waals surface area contributed by atoms with Crippen LogP contribution in [-0.4, -0.2) is 22.2 Å². The molecule has 0 radical (unpaired) electrons. The molecule has 2 atom stereocenters. The highest BCUT2D eigenvalue weighted by atomic mass is 19.1. The lowest BCUT2D eigenvalue weighted by Crippen LogP contribution is -2.35. The van der Waals surface area contributed by atoms with Crippen molar-refractivity contribution in [3.05, 3.63) is 23.6 Å². The summed E-state index contributed by atoms with van der Waals surface area (Å²) in [7, 11) is 0. The van der Waals surface area contributed by atoms with Crippen LogP contribution in [0.1, 0.15) is 38.7 Å². The van der Waals surface area contributed by atoms with Gasteiger partial charge in [0.1, 0.15) is 11.6 Å². The molecule has 0 bridgehead atoms. The van der Waals surface area contributed by atoms with Gasteiger partial charge >= 0.3 is 0 Å². The highest BCUT2D eigenvalue weighted by Gasteiger charge is 2.31. The van der Waals surface area contributed by atoms with Gasteiger partial charge in [-0.3, -0.25) is 0 Å². The molecular formula is C13H19FN2O. The van der Waals surface area contributed by atoms with Crippen molar-refractivity contribution in [3.8, 4) is 0 Å². The summed E-state index contributed by atoms with van der Waals surface area (Å²) in [5.41, 5.74) is 0.581. The SMILES string of the molecule is CCC1CCC(C)N1c1ncc(F)cc1CO. The highest BCUT2D eigenvalue weighted by Crippen LogP contribution is 2.32. The standard InChI is InChI=1S/C13H19FN2O/c1-3-12-5-4-9(2)16(12)13-10(8-17)6-11(14)7-15-13/h6-7,9,12,17H,3-5,8H2,1-2H3. The number of halogens is 1. The van der Waals surface area contributed by atoms with Crippen LogP contribution < -0.4 is 4.90 Å². The maximum Gasteiger partial charge on any atom is 0.142 e. The molecule has 0 aliphatic carbocycles. The van der Waals surface area contributed by atoms with Crippen molar-refractivity contribution in [3.63, 3.8) is 0 Å². The fourth-order valence-corrected chi connectivity index (χ4v) is 2.68. The lowest BCUT2D eigenvalue weighted by Gasteiger charge is -2.30. The smallest absolute Gasteiger partial charge is 0.142 e. The van der Waals surface area contributed by atoms with E-state index in [9.17, 15) is 9.50 Å². The van der Waals surface area contributed by atoms with Crippen molar-refractivity contribution in [2.45, 2.75) is 51.8 Å². The zero-order valence-electron chi connectivity index (χ0n) is 10.4. The number of anilines is 1. The second kappa shape index (κ2) is 5.00. The van der Waals surface area contributed by atoms with Crippen LogP contribution in [0.4, 0.5) is 10.2 Å². The molecule has 0 spiro atoms. The van der Waals surface area contributed by atoms with Gasteiger partial charge < -0.3 is 10.0 Å². The van der Waals surface area contributed by atoms with Crippen LogP contribution in [-0.2, 0) is 6.61 Å². The summed E-state index contributed by atoms with van der Waals surface area (Å²) >= 11 is 0. The van der Waals surface area contributed by atoms with Gasteiger partial charge in [-0.05, 0) is 32.3 Å². The molecule has 1 N–H and O–H groups in total. The number of aliphatic hydroxyl groups is 1. The van der Waals surface area contributed by atoms with Gasteiger partial charge in [-0.1, -0.05) is 6.92 Å². The summed E-state index contributed by atoms with van der Waals surface area (Å²) in [6, 6.07) is 2.23. The van der Waals surface area contributed by atoms with E-state index < -0.39 is 5.82 Å². The van der Waals surface area contributed by atoms with E-state index in [1.165, 1.54) is 12.3 Å². The quantitative estimate of drug-likeness (QED) is 0.879. The highest BCUT2D eigenvalue weighted by molar-refractivity contribution is 5.49. The van der Waals surface area contributed by atoms with Crippen molar-refractivity contribution < 1.29 is 9.50 Å². The van der Waals surface area contributed by atoms with Gasteiger partial charge in [-0.25, -0.2) is 9.37 Å². The summed E-state index contributed by atoms with van der Waals surface area (Å²) in [6.07, 6.45) is 4.55. The third-order valence-electron chi connectivity index (χ3n) is 3.58. The third-order valence-corrected chi connectivity index (χ3v) is 3.58. The number of hydrogen-bond donors (Lipinski definition) is 1. The van der Waals surface area contributed by atoms with Crippen LogP contribution in [0.3, 0.4) is 0 Å². The van der Waals surface area contributed by atoms with Crippen molar-refractivity contribution in [1.82, 2.24) is 4.98 Å². The van der Waals surface area contributed by atoms with E-state index in [1.54, 1.807) is 0 Å². The lowest BCUT2D eigenvalue weighted by molar-refractivity contribution is 0.280. The lowest BCUT2D eigenvalue weighted by atomic mass is 10.1. The molecule has 2 heterocycles. The number of rotatable bonds is 3. The molecular weight excluding hydrogens is 219 g/mol. The average molecular weight is 238 g/mol. The van der Waals surface area contributed by atoms with Gasteiger partial charge in [-0.2, -0.15) is 0 Å². The molecule has 1 aromatic rings. The minimum Gasteiger partial charge on any atom is -0.392 e. The Hall–Kier alpha value is -1.16. The average Bonchev–Trinajstić information content (AvgIpc) is 2.70. The molecule has 1 saturated heterocycles. The molecule has 0 saturated carbocycles. The van der Waals surface area contributed by atoms with Crippen molar-refractivity contribution >= 4 is 5.82 Å². The second-order valence-corrected chi connectivity index (χ2v) is 4.69. The van der Waals surface area contributed by atoms with Crippen LogP contribution >= 0.6 is 0 Å². The second-order valence-electron chi connectivity index (χ2n) is 4.69. The van der Waals surface area contributed by atoms with E-state index in [-0.39, 0.29) is 6.61 Å². The topological polar surface area (TPSA) is 36.4 Å². The van der Waals surface area contributed by atoms with E-state index in [0.29, 0.717) is 17.6 Å².